The molecule has 12 N–H and O–H groups in total. The SMILES string of the molecule is CC(C)C(N)C(=O)NC(Cc1ccc(O)cc1)C(=O)NC(CCCN=C(N)N)C(=O)NC(Cc1cnc[nH]1)C(=O)O. The Kier molecular flexibility index (Phi) is 12.6. The van der Waals surface area contributed by atoms with Crippen LogP contribution in [0.2, 0.25) is 0 Å². The number of imidazole rings is 1. The molecule has 4 unspecified atom stereocenters. The number of aromatic amines is 1. The molecule has 41 heavy (non-hydrogen) atoms. The molecule has 224 valence electrons. The van der Waals surface area contributed by atoms with E-state index in [1.54, 1.807) is 26.0 Å². The maximum atomic E-state index is 13.5. The van der Waals surface area contributed by atoms with Crippen LogP contribution in [-0.2, 0) is 32.0 Å². The number of aliphatic imine (C=N–C) groups is 1. The maximum Gasteiger partial charge on any atom is 0.326 e. The third kappa shape index (κ3) is 11.2. The van der Waals surface area contributed by atoms with Crippen LogP contribution < -0.4 is 33.2 Å². The number of H-pyrrole nitrogens is 1. The van der Waals surface area contributed by atoms with Gasteiger partial charge in [-0.25, -0.2) is 9.78 Å². The third-order valence-electron chi connectivity index (χ3n) is 6.20. The number of phenols is 1. The fraction of sp³-hybridized carbons (Fsp3) is 0.462. The number of aromatic hydroxyl groups is 1. The van der Waals surface area contributed by atoms with Gasteiger partial charge in [-0.1, -0.05) is 26.0 Å². The average Bonchev–Trinajstić information content (AvgIpc) is 3.43. The Hall–Kier alpha value is -4.66. The van der Waals surface area contributed by atoms with Gasteiger partial charge in [-0.05, 0) is 36.5 Å². The van der Waals surface area contributed by atoms with Gasteiger partial charge in [0, 0.05) is 31.3 Å². The lowest BCUT2D eigenvalue weighted by molar-refractivity contribution is -0.142. The molecule has 0 radical (unpaired) electrons. The van der Waals surface area contributed by atoms with Crippen LogP contribution in [0.1, 0.15) is 37.9 Å². The van der Waals surface area contributed by atoms with Crippen LogP contribution >= 0.6 is 0 Å². The molecule has 0 aliphatic carbocycles. The molecule has 15 heteroatoms. The van der Waals surface area contributed by atoms with E-state index in [9.17, 15) is 29.4 Å². The van der Waals surface area contributed by atoms with Crippen LogP contribution in [0.3, 0.4) is 0 Å². The van der Waals surface area contributed by atoms with E-state index in [2.05, 4.69) is 30.9 Å². The highest BCUT2D eigenvalue weighted by Crippen LogP contribution is 2.13. The number of nitrogens with zero attached hydrogens (tertiary/aromatic N) is 2. The second-order valence-corrected chi connectivity index (χ2v) is 9.89. The van der Waals surface area contributed by atoms with Gasteiger partial charge in [-0.3, -0.25) is 19.4 Å². The minimum Gasteiger partial charge on any atom is -0.508 e. The first kappa shape index (κ1) is 32.6. The van der Waals surface area contributed by atoms with Gasteiger partial charge in [-0.2, -0.15) is 0 Å². The third-order valence-corrected chi connectivity index (χ3v) is 6.20. The Morgan fingerprint density at radius 1 is 0.951 bits per heavy atom. The van der Waals surface area contributed by atoms with Gasteiger partial charge in [0.2, 0.25) is 17.7 Å². The van der Waals surface area contributed by atoms with Gasteiger partial charge >= 0.3 is 5.97 Å². The Balaban J connectivity index is 2.26. The van der Waals surface area contributed by atoms with Crippen molar-refractivity contribution >= 4 is 29.7 Å². The Morgan fingerprint density at radius 3 is 2.12 bits per heavy atom. The minimum atomic E-state index is -1.31. The smallest absolute Gasteiger partial charge is 0.326 e. The molecular formula is C26H39N9O6. The molecule has 0 bridgehead atoms. The summed E-state index contributed by atoms with van der Waals surface area (Å²) in [4.78, 5) is 61.9. The zero-order valence-electron chi connectivity index (χ0n) is 23.0. The van der Waals surface area contributed by atoms with Crippen molar-refractivity contribution < 1.29 is 29.4 Å². The molecular weight excluding hydrogens is 534 g/mol. The zero-order valence-corrected chi connectivity index (χ0v) is 23.0. The van der Waals surface area contributed by atoms with Gasteiger partial charge in [0.05, 0.1) is 12.4 Å². The predicted molar refractivity (Wildman–Crippen MR) is 150 cm³/mol. The number of nitrogens with two attached hydrogens (primary N) is 3. The molecule has 2 rings (SSSR count). The van der Waals surface area contributed by atoms with Crippen LogP contribution in [0.5, 0.6) is 5.75 Å². The summed E-state index contributed by atoms with van der Waals surface area (Å²) in [5, 5.41) is 27.0. The van der Waals surface area contributed by atoms with Crippen molar-refractivity contribution in [2.24, 2.45) is 28.1 Å². The van der Waals surface area contributed by atoms with Crippen molar-refractivity contribution in [1.29, 1.82) is 0 Å². The number of carboxylic acid groups (broad SMARTS) is 1. The van der Waals surface area contributed by atoms with E-state index < -0.39 is 47.9 Å². The first-order valence-corrected chi connectivity index (χ1v) is 13.1. The first-order chi connectivity index (χ1) is 19.4. The number of aliphatic carboxylic acids is 1. The summed E-state index contributed by atoms with van der Waals surface area (Å²) in [5.74, 6) is -3.59. The van der Waals surface area contributed by atoms with Crippen molar-refractivity contribution in [3.63, 3.8) is 0 Å². The van der Waals surface area contributed by atoms with Crippen LogP contribution in [-0.4, -0.2) is 80.5 Å². The van der Waals surface area contributed by atoms with Crippen molar-refractivity contribution in [2.45, 2.75) is 63.7 Å². The predicted octanol–water partition coefficient (Wildman–Crippen LogP) is -1.52. The average molecular weight is 574 g/mol. The molecule has 0 fully saturated rings. The number of rotatable bonds is 16. The summed E-state index contributed by atoms with van der Waals surface area (Å²) >= 11 is 0. The highest BCUT2D eigenvalue weighted by Gasteiger charge is 2.31. The quantitative estimate of drug-likeness (QED) is 0.0635. The van der Waals surface area contributed by atoms with Gasteiger partial charge < -0.3 is 48.3 Å². The molecule has 0 aliphatic rings. The van der Waals surface area contributed by atoms with Crippen LogP contribution in [0.15, 0.2) is 41.8 Å². The summed E-state index contributed by atoms with van der Waals surface area (Å²) in [7, 11) is 0. The van der Waals surface area contributed by atoms with Crippen molar-refractivity contribution in [3.05, 3.63) is 48.0 Å². The second kappa shape index (κ2) is 15.8. The first-order valence-electron chi connectivity index (χ1n) is 13.1. The van der Waals surface area contributed by atoms with E-state index in [-0.39, 0.29) is 49.9 Å². The fourth-order valence-corrected chi connectivity index (χ4v) is 3.78. The number of carbonyl (C=O) groups excluding carboxylic acids is 3. The van der Waals surface area contributed by atoms with E-state index in [0.29, 0.717) is 11.3 Å². The monoisotopic (exact) mass is 573 g/mol. The zero-order chi connectivity index (χ0) is 30.5. The summed E-state index contributed by atoms with van der Waals surface area (Å²) in [6.07, 6.45) is 3.13. The number of amides is 3. The van der Waals surface area contributed by atoms with Crippen LogP contribution in [0, 0.1) is 5.92 Å². The summed E-state index contributed by atoms with van der Waals surface area (Å²) < 4.78 is 0. The van der Waals surface area contributed by atoms with Crippen molar-refractivity contribution in [3.8, 4) is 5.75 Å². The van der Waals surface area contributed by atoms with Gasteiger partial charge in [-0.15, -0.1) is 0 Å². The molecule has 0 spiro atoms. The number of carbonyl (C=O) groups is 4. The minimum absolute atomic E-state index is 0.0289. The molecule has 0 saturated heterocycles. The molecule has 15 nitrogen and oxygen atoms in total. The van der Waals surface area contributed by atoms with E-state index in [1.807, 2.05) is 0 Å². The number of phenolic OH excluding ortho intramolecular Hbond substituents is 1. The number of carboxylic acids is 1. The molecule has 0 aliphatic heterocycles. The highest BCUT2D eigenvalue weighted by molar-refractivity contribution is 5.94. The summed E-state index contributed by atoms with van der Waals surface area (Å²) in [6, 6.07) is 1.56. The molecule has 0 saturated carbocycles. The van der Waals surface area contributed by atoms with Gasteiger partial charge in [0.1, 0.15) is 23.9 Å². The molecule has 1 heterocycles. The van der Waals surface area contributed by atoms with E-state index in [1.165, 1.54) is 24.7 Å². The Morgan fingerprint density at radius 2 is 1.56 bits per heavy atom. The molecule has 4 atom stereocenters. The lowest BCUT2D eigenvalue weighted by Gasteiger charge is -2.26. The largest absolute Gasteiger partial charge is 0.508 e. The number of hydrogen-bond donors (Lipinski definition) is 9. The summed E-state index contributed by atoms with van der Waals surface area (Å²) in [6.45, 7) is 3.69. The van der Waals surface area contributed by atoms with Crippen LogP contribution in [0.25, 0.3) is 0 Å². The van der Waals surface area contributed by atoms with Crippen LogP contribution in [0.4, 0.5) is 0 Å². The van der Waals surface area contributed by atoms with Gasteiger partial charge in [0.15, 0.2) is 5.96 Å². The molecule has 1 aromatic heterocycles. The number of nitrogens with one attached hydrogen (secondary N) is 4. The number of hydrogen-bond acceptors (Lipinski definition) is 8. The molecule has 1 aromatic carbocycles. The normalized spacial score (nSPS) is 13.9. The van der Waals surface area contributed by atoms with E-state index >= 15 is 0 Å². The highest BCUT2D eigenvalue weighted by atomic mass is 16.4. The molecule has 2 aromatic rings. The second-order valence-electron chi connectivity index (χ2n) is 9.89. The van der Waals surface area contributed by atoms with Crippen molar-refractivity contribution in [2.75, 3.05) is 6.54 Å². The number of aromatic nitrogens is 2. The number of guanidine groups is 1. The number of benzene rings is 1. The lowest BCUT2D eigenvalue weighted by atomic mass is 10.0. The topological polar surface area (TPSA) is 264 Å². The van der Waals surface area contributed by atoms with Crippen molar-refractivity contribution in [1.82, 2.24) is 25.9 Å². The summed E-state index contributed by atoms with van der Waals surface area (Å²) in [5.41, 5.74) is 17.8. The standard InChI is InChI=1S/C26H39N9O6/c1-14(2)21(27)24(39)34-19(10-15-5-7-17(36)8-6-15)23(38)33-18(4-3-9-31-26(28)29)22(37)35-20(25(40)41)11-16-12-30-13-32-16/h5-8,12-14,18-21,36H,3-4,9-11,27H2,1-2H3,(H,30,32)(H,33,38)(H,34,39)(H,35,37)(H,40,41)(H4,28,29,31). The van der Waals surface area contributed by atoms with E-state index in [4.69, 9.17) is 17.2 Å². The van der Waals surface area contributed by atoms with E-state index in [0.717, 1.165) is 0 Å². The van der Waals surface area contributed by atoms with Gasteiger partial charge in [0.25, 0.3) is 0 Å². The maximum absolute atomic E-state index is 13.5. The fourth-order valence-electron chi connectivity index (χ4n) is 3.78. The lowest BCUT2D eigenvalue weighted by Crippen LogP contribution is -2.58. The molecule has 3 amide bonds. The Labute approximate surface area is 237 Å². The Bertz CT molecular complexity index is 1180.